The van der Waals surface area contributed by atoms with Gasteiger partial charge in [0.2, 0.25) is 0 Å². The summed E-state index contributed by atoms with van der Waals surface area (Å²) in [5.74, 6) is -0.643. The van der Waals surface area contributed by atoms with E-state index in [-0.39, 0.29) is 16.9 Å². The monoisotopic (exact) mass is 501 g/mol. The minimum Gasteiger partial charge on any atom is -0.369 e. The van der Waals surface area contributed by atoms with Gasteiger partial charge in [0.05, 0.1) is 5.56 Å². The molecule has 0 atom stereocenters. The highest BCUT2D eigenvalue weighted by Crippen LogP contribution is 2.35. The normalized spacial score (nSPS) is 14.6. The molecule has 0 spiro atoms. The van der Waals surface area contributed by atoms with E-state index in [0.717, 1.165) is 25.2 Å². The number of amides is 2. The molecule has 11 heteroatoms. The van der Waals surface area contributed by atoms with Crippen molar-refractivity contribution in [3.63, 3.8) is 0 Å². The van der Waals surface area contributed by atoms with Crippen LogP contribution in [-0.4, -0.2) is 55.1 Å². The molecule has 0 aliphatic carbocycles. The average molecular weight is 502 g/mol. The van der Waals surface area contributed by atoms with Crippen LogP contribution in [0.5, 0.6) is 0 Å². The third-order valence-electron chi connectivity index (χ3n) is 5.98. The molecule has 36 heavy (non-hydrogen) atoms. The van der Waals surface area contributed by atoms with Crippen LogP contribution in [0.2, 0.25) is 0 Å². The van der Waals surface area contributed by atoms with Crippen molar-refractivity contribution in [3.8, 4) is 0 Å². The van der Waals surface area contributed by atoms with Crippen molar-refractivity contribution >= 4 is 28.9 Å². The molecule has 3 aromatic rings. The Morgan fingerprint density at radius 3 is 2.31 bits per heavy atom. The number of piperazine rings is 1. The van der Waals surface area contributed by atoms with Crippen LogP contribution in [0, 0.1) is 13.8 Å². The maximum absolute atomic E-state index is 13.6. The van der Waals surface area contributed by atoms with Gasteiger partial charge in [0, 0.05) is 54.9 Å². The van der Waals surface area contributed by atoms with Crippen LogP contribution < -0.4 is 15.5 Å². The highest BCUT2D eigenvalue weighted by molar-refractivity contribution is 6.07. The zero-order valence-electron chi connectivity index (χ0n) is 20.1. The maximum atomic E-state index is 13.6. The molecule has 0 radical (unpaired) electrons. The van der Waals surface area contributed by atoms with E-state index in [9.17, 15) is 22.8 Å². The second-order valence-electron chi connectivity index (χ2n) is 8.82. The first-order chi connectivity index (χ1) is 17.0. The largest absolute Gasteiger partial charge is 0.416 e. The van der Waals surface area contributed by atoms with Gasteiger partial charge in [-0.1, -0.05) is 11.2 Å². The summed E-state index contributed by atoms with van der Waals surface area (Å²) in [6.07, 6.45) is -4.57. The SMILES string of the molecule is Cc1cc(C(=O)Nc2cc(C(=O)Nc3cc(N4CCN(C)CC4)cc(C(F)(F)F)c3)ccc2C)no1. The Bertz CT molecular complexity index is 1280. The molecule has 1 aromatic heterocycles. The number of aryl methyl sites for hydroxylation is 2. The Hall–Kier alpha value is -3.86. The minimum absolute atomic E-state index is 0.0352. The number of hydrogen-bond donors (Lipinski definition) is 2. The molecule has 0 saturated carbocycles. The summed E-state index contributed by atoms with van der Waals surface area (Å²) in [7, 11) is 1.96. The fraction of sp³-hybridized carbons (Fsp3) is 0.320. The van der Waals surface area contributed by atoms with Crippen molar-refractivity contribution in [2.45, 2.75) is 20.0 Å². The van der Waals surface area contributed by atoms with Crippen LogP contribution in [0.3, 0.4) is 0 Å². The molecule has 0 unspecified atom stereocenters. The van der Waals surface area contributed by atoms with Gasteiger partial charge in [-0.15, -0.1) is 0 Å². The lowest BCUT2D eigenvalue weighted by atomic mass is 10.1. The third-order valence-corrected chi connectivity index (χ3v) is 5.98. The number of anilines is 3. The highest BCUT2D eigenvalue weighted by Gasteiger charge is 2.32. The van der Waals surface area contributed by atoms with Crippen molar-refractivity contribution in [2.75, 3.05) is 48.8 Å². The van der Waals surface area contributed by atoms with Crippen molar-refractivity contribution in [1.82, 2.24) is 10.1 Å². The van der Waals surface area contributed by atoms with Crippen molar-refractivity contribution in [1.29, 1.82) is 0 Å². The highest BCUT2D eigenvalue weighted by atomic mass is 19.4. The summed E-state index contributed by atoms with van der Waals surface area (Å²) in [4.78, 5) is 29.4. The number of likely N-dealkylation sites (N-methyl/N-ethyl adjacent to an activating group) is 1. The van der Waals surface area contributed by atoms with E-state index in [0.29, 0.717) is 35.8 Å². The number of carbonyl (C=O) groups is 2. The van der Waals surface area contributed by atoms with Crippen LogP contribution in [0.4, 0.5) is 30.2 Å². The topological polar surface area (TPSA) is 90.7 Å². The van der Waals surface area contributed by atoms with Crippen molar-refractivity contribution < 1.29 is 27.3 Å². The molecule has 4 rings (SSSR count). The molecular formula is C25H26F3N5O3. The van der Waals surface area contributed by atoms with E-state index in [1.165, 1.54) is 18.2 Å². The van der Waals surface area contributed by atoms with Gasteiger partial charge in [0.25, 0.3) is 11.8 Å². The zero-order valence-corrected chi connectivity index (χ0v) is 20.1. The molecule has 2 aromatic carbocycles. The summed E-state index contributed by atoms with van der Waals surface area (Å²) in [6.45, 7) is 6.02. The second kappa shape index (κ2) is 10.0. The van der Waals surface area contributed by atoms with E-state index in [1.807, 2.05) is 11.9 Å². The van der Waals surface area contributed by atoms with Crippen molar-refractivity contribution in [2.24, 2.45) is 0 Å². The van der Waals surface area contributed by atoms with Gasteiger partial charge < -0.3 is 25.0 Å². The van der Waals surface area contributed by atoms with E-state index in [4.69, 9.17) is 4.52 Å². The number of nitrogens with one attached hydrogen (secondary N) is 2. The predicted octanol–water partition coefficient (Wildman–Crippen LogP) is 4.57. The van der Waals surface area contributed by atoms with Gasteiger partial charge in [0.15, 0.2) is 5.69 Å². The minimum atomic E-state index is -4.57. The van der Waals surface area contributed by atoms with Crippen LogP contribution in [0.25, 0.3) is 0 Å². The number of carbonyl (C=O) groups excluding carboxylic acids is 2. The Kier molecular flexibility index (Phi) is 7.02. The Balaban J connectivity index is 1.56. The Labute approximate surface area is 206 Å². The lowest BCUT2D eigenvalue weighted by Crippen LogP contribution is -2.44. The third kappa shape index (κ3) is 5.85. The second-order valence-corrected chi connectivity index (χ2v) is 8.82. The van der Waals surface area contributed by atoms with Crippen LogP contribution in [0.15, 0.2) is 47.0 Å². The smallest absolute Gasteiger partial charge is 0.369 e. The molecule has 1 saturated heterocycles. The number of alkyl halides is 3. The van der Waals surface area contributed by atoms with E-state index >= 15 is 0 Å². The Morgan fingerprint density at radius 1 is 0.944 bits per heavy atom. The average Bonchev–Trinajstić information content (AvgIpc) is 3.26. The zero-order chi connectivity index (χ0) is 26.0. The first-order valence-electron chi connectivity index (χ1n) is 11.3. The van der Waals surface area contributed by atoms with Gasteiger partial charge >= 0.3 is 6.18 Å². The van der Waals surface area contributed by atoms with Crippen LogP contribution >= 0.6 is 0 Å². The first kappa shape index (κ1) is 25.2. The molecule has 2 heterocycles. The van der Waals surface area contributed by atoms with Crippen LogP contribution in [0.1, 0.15) is 37.7 Å². The molecule has 0 bridgehead atoms. The summed E-state index contributed by atoms with van der Waals surface area (Å²) in [6, 6.07) is 9.68. The number of aromatic nitrogens is 1. The molecule has 8 nitrogen and oxygen atoms in total. The summed E-state index contributed by atoms with van der Waals surface area (Å²) in [5.41, 5.74) is 0.912. The first-order valence-corrected chi connectivity index (χ1v) is 11.3. The number of rotatable bonds is 5. The standard InChI is InChI=1S/C25H26F3N5O3/c1-15-4-5-17(11-21(15)30-24(35)22-10-16(2)36-31-22)23(34)29-19-12-18(25(26,27)28)13-20(14-19)33-8-6-32(3)7-9-33/h4-5,10-14H,6-9H2,1-3H3,(H,29,34)(H,30,35). The molecule has 2 N–H and O–H groups in total. The number of benzene rings is 2. The van der Waals surface area contributed by atoms with Gasteiger partial charge in [-0.05, 0) is 56.8 Å². The molecule has 190 valence electrons. The summed E-state index contributed by atoms with van der Waals surface area (Å²) >= 11 is 0. The number of halogens is 3. The lowest BCUT2D eigenvalue weighted by Gasteiger charge is -2.34. The van der Waals surface area contributed by atoms with Gasteiger partial charge in [-0.3, -0.25) is 9.59 Å². The number of nitrogens with zero attached hydrogens (tertiary/aromatic N) is 3. The fourth-order valence-electron chi connectivity index (χ4n) is 3.86. The predicted molar refractivity (Wildman–Crippen MR) is 129 cm³/mol. The quantitative estimate of drug-likeness (QED) is 0.533. The molecule has 2 amide bonds. The van der Waals surface area contributed by atoms with Gasteiger partial charge in [-0.25, -0.2) is 0 Å². The maximum Gasteiger partial charge on any atom is 0.416 e. The summed E-state index contributed by atoms with van der Waals surface area (Å²) < 4.78 is 45.7. The van der Waals surface area contributed by atoms with Gasteiger partial charge in [0.1, 0.15) is 5.76 Å². The van der Waals surface area contributed by atoms with Gasteiger partial charge in [-0.2, -0.15) is 13.2 Å². The van der Waals surface area contributed by atoms with Crippen LogP contribution in [-0.2, 0) is 6.18 Å². The van der Waals surface area contributed by atoms with Crippen molar-refractivity contribution in [3.05, 3.63) is 70.6 Å². The van der Waals surface area contributed by atoms with E-state index < -0.39 is 23.6 Å². The molecule has 1 fully saturated rings. The number of hydrogen-bond acceptors (Lipinski definition) is 6. The molecule has 1 aliphatic rings. The molecule has 1 aliphatic heterocycles. The fourth-order valence-corrected chi connectivity index (χ4v) is 3.86. The Morgan fingerprint density at radius 2 is 1.67 bits per heavy atom. The molecular weight excluding hydrogens is 475 g/mol. The van der Waals surface area contributed by atoms with E-state index in [2.05, 4.69) is 20.7 Å². The van der Waals surface area contributed by atoms with E-state index in [1.54, 1.807) is 26.0 Å². The summed E-state index contributed by atoms with van der Waals surface area (Å²) in [5, 5.41) is 8.93. The lowest BCUT2D eigenvalue weighted by molar-refractivity contribution is -0.137.